The highest BCUT2D eigenvalue weighted by Crippen LogP contribution is 2.57. The van der Waals surface area contributed by atoms with E-state index in [1.165, 1.54) is 10.9 Å². The van der Waals surface area contributed by atoms with E-state index in [4.69, 9.17) is 48.6 Å². The molecule has 0 aliphatic heterocycles. The van der Waals surface area contributed by atoms with Gasteiger partial charge in [0.15, 0.2) is 0 Å². The highest BCUT2D eigenvalue weighted by molar-refractivity contribution is 7.53. The standard InChI is InChI=1S/C16H20Cl3N4O5P/c1-3-27-29(25,28-4-2)14(20-15(24)26-11-16(17,18)19)23-10-13(21-22-23)12-8-6-5-7-9-12/h5-10,14H,3-4,11H2,1-2H3,(H,20,24). The van der Waals surface area contributed by atoms with Crippen LogP contribution in [0.15, 0.2) is 36.5 Å². The minimum absolute atomic E-state index is 0.0683. The van der Waals surface area contributed by atoms with E-state index in [0.717, 1.165) is 5.56 Å². The summed E-state index contributed by atoms with van der Waals surface area (Å²) in [5, 5.41) is 10.4. The summed E-state index contributed by atoms with van der Waals surface area (Å²) in [7, 11) is -3.90. The normalized spacial score (nSPS) is 13.1. The highest BCUT2D eigenvalue weighted by Gasteiger charge is 2.40. The molecule has 0 aliphatic carbocycles. The fraction of sp³-hybridized carbons (Fsp3) is 0.438. The number of aromatic nitrogens is 3. The Labute approximate surface area is 183 Å². The minimum Gasteiger partial charge on any atom is -0.445 e. The Kier molecular flexibility index (Phi) is 8.75. The van der Waals surface area contributed by atoms with Crippen LogP contribution in [0.5, 0.6) is 0 Å². The Hall–Kier alpha value is -1.35. The van der Waals surface area contributed by atoms with Crippen molar-refractivity contribution in [1.82, 2.24) is 20.3 Å². The number of alkyl carbamates (subject to hydrolysis) is 1. The maximum atomic E-state index is 13.3. The molecule has 0 saturated heterocycles. The van der Waals surface area contributed by atoms with Gasteiger partial charge in [0.25, 0.3) is 0 Å². The molecule has 0 radical (unpaired) electrons. The third-order valence-corrected chi connectivity index (χ3v) is 5.89. The number of halogens is 3. The molecule has 160 valence electrons. The Balaban J connectivity index is 2.33. The molecule has 0 aliphatic rings. The third kappa shape index (κ3) is 7.13. The van der Waals surface area contributed by atoms with Gasteiger partial charge in [0.2, 0.25) is 9.70 Å². The van der Waals surface area contributed by atoms with Crippen molar-refractivity contribution in [2.24, 2.45) is 0 Å². The van der Waals surface area contributed by atoms with Gasteiger partial charge in [-0.1, -0.05) is 70.3 Å². The van der Waals surface area contributed by atoms with Crippen LogP contribution in [0.25, 0.3) is 11.3 Å². The predicted molar refractivity (Wildman–Crippen MR) is 110 cm³/mol. The van der Waals surface area contributed by atoms with Gasteiger partial charge < -0.3 is 13.8 Å². The van der Waals surface area contributed by atoms with Crippen molar-refractivity contribution in [3.63, 3.8) is 0 Å². The number of rotatable bonds is 9. The summed E-state index contributed by atoms with van der Waals surface area (Å²) in [6.07, 6.45) is 0.498. The first-order chi connectivity index (χ1) is 13.7. The molecule has 2 rings (SSSR count). The van der Waals surface area contributed by atoms with Crippen molar-refractivity contribution in [3.8, 4) is 11.3 Å². The Morgan fingerprint density at radius 2 is 1.83 bits per heavy atom. The van der Waals surface area contributed by atoms with Gasteiger partial charge in [0, 0.05) is 5.56 Å². The summed E-state index contributed by atoms with van der Waals surface area (Å²) < 4.78 is 28.2. The molecular formula is C16H20Cl3N4O5P. The Morgan fingerprint density at radius 3 is 2.38 bits per heavy atom. The van der Waals surface area contributed by atoms with E-state index in [2.05, 4.69) is 15.6 Å². The number of hydrogen-bond donors (Lipinski definition) is 1. The molecule has 9 nitrogen and oxygen atoms in total. The van der Waals surface area contributed by atoms with Crippen LogP contribution in [0.4, 0.5) is 4.79 Å². The average Bonchev–Trinajstić information content (AvgIpc) is 3.14. The van der Waals surface area contributed by atoms with E-state index in [1.807, 2.05) is 30.3 Å². The van der Waals surface area contributed by atoms with Crippen LogP contribution >= 0.6 is 42.4 Å². The van der Waals surface area contributed by atoms with Crippen LogP contribution in [0.1, 0.15) is 19.8 Å². The number of benzene rings is 1. The first-order valence-electron chi connectivity index (χ1n) is 8.54. The van der Waals surface area contributed by atoms with Crippen LogP contribution < -0.4 is 5.32 Å². The summed E-state index contributed by atoms with van der Waals surface area (Å²) in [5.41, 5.74) is 1.27. The maximum absolute atomic E-state index is 13.3. The summed E-state index contributed by atoms with van der Waals surface area (Å²) in [6.45, 7) is 2.90. The quantitative estimate of drug-likeness (QED) is 0.403. The fourth-order valence-electron chi connectivity index (χ4n) is 2.26. The lowest BCUT2D eigenvalue weighted by Gasteiger charge is -2.26. The van der Waals surface area contributed by atoms with Gasteiger partial charge >= 0.3 is 13.7 Å². The molecule has 0 fully saturated rings. The van der Waals surface area contributed by atoms with Crippen molar-refractivity contribution in [1.29, 1.82) is 0 Å². The molecule has 0 bridgehead atoms. The molecule has 1 aromatic heterocycles. The minimum atomic E-state index is -3.90. The van der Waals surface area contributed by atoms with E-state index in [9.17, 15) is 9.36 Å². The molecule has 1 aromatic carbocycles. The second-order valence-corrected chi connectivity index (χ2v) is 10.1. The molecule has 29 heavy (non-hydrogen) atoms. The van der Waals surface area contributed by atoms with Gasteiger partial charge in [-0.2, -0.15) is 0 Å². The fourth-order valence-corrected chi connectivity index (χ4v) is 4.17. The highest BCUT2D eigenvalue weighted by atomic mass is 35.6. The molecule has 1 unspecified atom stereocenters. The van der Waals surface area contributed by atoms with E-state index in [-0.39, 0.29) is 13.2 Å². The SMILES string of the molecule is CCOP(=O)(OCC)C(NC(=O)OCC(Cl)(Cl)Cl)n1cc(-c2ccccc2)nn1. The molecule has 1 heterocycles. The number of carbonyl (C=O) groups is 1. The van der Waals surface area contributed by atoms with Crippen molar-refractivity contribution in [2.45, 2.75) is 23.5 Å². The number of nitrogens with zero attached hydrogens (tertiary/aromatic N) is 3. The second-order valence-electron chi connectivity index (χ2n) is 5.53. The van der Waals surface area contributed by atoms with Crippen LogP contribution in [0.2, 0.25) is 0 Å². The van der Waals surface area contributed by atoms with Gasteiger partial charge in [-0.15, -0.1) is 5.10 Å². The van der Waals surface area contributed by atoms with Crippen LogP contribution in [-0.4, -0.2) is 44.7 Å². The van der Waals surface area contributed by atoms with Crippen LogP contribution in [-0.2, 0) is 18.3 Å². The van der Waals surface area contributed by atoms with Gasteiger partial charge in [-0.25, -0.2) is 9.48 Å². The molecule has 13 heteroatoms. The lowest BCUT2D eigenvalue weighted by atomic mass is 10.2. The van der Waals surface area contributed by atoms with E-state index in [1.54, 1.807) is 13.8 Å². The van der Waals surface area contributed by atoms with E-state index < -0.39 is 30.0 Å². The van der Waals surface area contributed by atoms with Crippen LogP contribution in [0, 0.1) is 0 Å². The van der Waals surface area contributed by atoms with Gasteiger partial charge in [-0.05, 0) is 13.8 Å². The third-order valence-electron chi connectivity index (χ3n) is 3.36. The number of hydrogen-bond acceptors (Lipinski definition) is 7. The largest absolute Gasteiger partial charge is 0.445 e. The number of carbonyl (C=O) groups excluding carboxylic acids is 1. The summed E-state index contributed by atoms with van der Waals surface area (Å²) in [5.74, 6) is -1.35. The second kappa shape index (κ2) is 10.6. The van der Waals surface area contributed by atoms with Crippen molar-refractivity contribution < 1.29 is 23.1 Å². The number of ether oxygens (including phenoxy) is 1. The first-order valence-corrected chi connectivity index (χ1v) is 11.3. The summed E-state index contributed by atoms with van der Waals surface area (Å²) in [4.78, 5) is 12.2. The molecule has 0 saturated carbocycles. The summed E-state index contributed by atoms with van der Waals surface area (Å²) in [6, 6.07) is 9.19. The Morgan fingerprint density at radius 1 is 1.21 bits per heavy atom. The number of amides is 1. The van der Waals surface area contributed by atoms with Gasteiger partial charge in [-0.3, -0.25) is 9.88 Å². The molecule has 0 spiro atoms. The number of alkyl halides is 3. The monoisotopic (exact) mass is 484 g/mol. The average molecular weight is 486 g/mol. The topological polar surface area (TPSA) is 105 Å². The number of nitrogens with one attached hydrogen (secondary N) is 1. The first kappa shape index (κ1) is 23.9. The van der Waals surface area contributed by atoms with Crippen molar-refractivity contribution >= 4 is 48.5 Å². The summed E-state index contributed by atoms with van der Waals surface area (Å²) >= 11 is 16.8. The maximum Gasteiger partial charge on any atom is 0.409 e. The zero-order chi connectivity index (χ0) is 21.5. The smallest absolute Gasteiger partial charge is 0.409 e. The van der Waals surface area contributed by atoms with E-state index >= 15 is 0 Å². The van der Waals surface area contributed by atoms with Gasteiger partial charge in [0.05, 0.1) is 19.4 Å². The van der Waals surface area contributed by atoms with Crippen molar-refractivity contribution in [3.05, 3.63) is 36.5 Å². The predicted octanol–water partition coefficient (Wildman–Crippen LogP) is 4.76. The zero-order valence-electron chi connectivity index (χ0n) is 15.6. The molecule has 2 aromatic rings. The lowest BCUT2D eigenvalue weighted by Crippen LogP contribution is -2.35. The molecular weight excluding hydrogens is 466 g/mol. The van der Waals surface area contributed by atoms with Gasteiger partial charge in [0.1, 0.15) is 12.3 Å². The van der Waals surface area contributed by atoms with Crippen LogP contribution in [0.3, 0.4) is 0 Å². The molecule has 1 N–H and O–H groups in total. The van der Waals surface area contributed by atoms with E-state index in [0.29, 0.717) is 5.69 Å². The molecule has 1 amide bonds. The zero-order valence-corrected chi connectivity index (χ0v) is 18.8. The molecule has 1 atom stereocenters. The lowest BCUT2D eigenvalue weighted by molar-refractivity contribution is 0.136. The Bertz CT molecular complexity index is 837. The van der Waals surface area contributed by atoms with Crippen molar-refractivity contribution in [2.75, 3.05) is 19.8 Å².